The van der Waals surface area contributed by atoms with Crippen molar-refractivity contribution in [3.8, 4) is 56.3 Å². The molecule has 0 unspecified atom stereocenters. The molecule has 0 amide bonds. The van der Waals surface area contributed by atoms with Crippen molar-refractivity contribution in [3.05, 3.63) is 176 Å². The number of fused-ring (bicyclic) bond motifs is 8. The van der Waals surface area contributed by atoms with Gasteiger partial charge in [0, 0.05) is 79.1 Å². The Morgan fingerprint density at radius 3 is 1.63 bits per heavy atom. The molecule has 0 fully saturated rings. The molecule has 0 aliphatic heterocycles. The van der Waals surface area contributed by atoms with Crippen LogP contribution in [0.3, 0.4) is 0 Å². The van der Waals surface area contributed by atoms with Gasteiger partial charge in [-0.3, -0.25) is 0 Å². The largest absolute Gasteiger partial charge is 0.246 e. The highest BCUT2D eigenvalue weighted by atomic mass is 32.1. The number of pyridine rings is 1. The maximum absolute atomic E-state index is 5.67. The number of thiophene rings is 2. The van der Waals surface area contributed by atoms with E-state index in [9.17, 15) is 0 Å². The lowest BCUT2D eigenvalue weighted by Gasteiger charge is -2.13. The molecular formula is C49H29N3S2. The molecule has 0 N–H and O–H groups in total. The van der Waals surface area contributed by atoms with Gasteiger partial charge in [0.2, 0.25) is 0 Å². The fourth-order valence-corrected chi connectivity index (χ4v) is 10.2. The first-order valence-corrected chi connectivity index (χ1v) is 19.7. The molecule has 7 aromatic carbocycles. The van der Waals surface area contributed by atoms with E-state index in [4.69, 9.17) is 15.0 Å². The molecule has 0 aliphatic carbocycles. The zero-order valence-corrected chi connectivity index (χ0v) is 30.5. The van der Waals surface area contributed by atoms with Crippen LogP contribution in [-0.4, -0.2) is 15.0 Å². The van der Waals surface area contributed by atoms with Crippen molar-refractivity contribution in [2.24, 2.45) is 0 Å². The van der Waals surface area contributed by atoms with Gasteiger partial charge in [-0.2, -0.15) is 0 Å². The highest BCUT2D eigenvalue weighted by Gasteiger charge is 2.21. The second kappa shape index (κ2) is 12.6. The van der Waals surface area contributed by atoms with Gasteiger partial charge >= 0.3 is 0 Å². The van der Waals surface area contributed by atoms with Crippen LogP contribution >= 0.6 is 22.7 Å². The minimum atomic E-state index is 0.682. The van der Waals surface area contributed by atoms with Gasteiger partial charge in [0.15, 0.2) is 5.82 Å². The van der Waals surface area contributed by atoms with E-state index in [1.165, 1.54) is 51.3 Å². The molecule has 0 saturated carbocycles. The monoisotopic (exact) mass is 723 g/mol. The highest BCUT2D eigenvalue weighted by Crippen LogP contribution is 2.47. The first kappa shape index (κ1) is 31.0. The second-order valence-electron chi connectivity index (χ2n) is 13.5. The summed E-state index contributed by atoms with van der Waals surface area (Å²) in [5.41, 5.74) is 10.2. The first-order valence-electron chi connectivity index (χ1n) is 18.0. The molecule has 3 nitrogen and oxygen atoms in total. The Labute approximate surface area is 319 Å². The summed E-state index contributed by atoms with van der Waals surface area (Å²) in [6, 6.07) is 62.2. The normalized spacial score (nSPS) is 11.7. The van der Waals surface area contributed by atoms with Crippen LogP contribution in [0.5, 0.6) is 0 Å². The van der Waals surface area contributed by atoms with Crippen LogP contribution in [0.4, 0.5) is 0 Å². The summed E-state index contributed by atoms with van der Waals surface area (Å²) >= 11 is 3.71. The summed E-state index contributed by atoms with van der Waals surface area (Å²) in [6.45, 7) is 0. The standard InChI is InChI=1S/C49H29N3S2/c1-3-14-30(15-4-1)40-29-41(31-16-5-2-6-17-31)51-49(50-40)33-19-11-18-32(28-33)45-44-38-21-8-10-27-43(38)54-48(44)39-25-12-22-35(46(39)52-45)37-24-13-23-36-34-20-7-9-26-42(34)53-47(36)37/h1-29H. The van der Waals surface area contributed by atoms with Gasteiger partial charge in [0.1, 0.15) is 0 Å². The van der Waals surface area contributed by atoms with Crippen molar-refractivity contribution in [3.63, 3.8) is 0 Å². The Balaban J connectivity index is 1.16. The lowest BCUT2D eigenvalue weighted by molar-refractivity contribution is 1.18. The molecule has 11 aromatic rings. The summed E-state index contributed by atoms with van der Waals surface area (Å²) in [6.07, 6.45) is 0. The average molecular weight is 724 g/mol. The van der Waals surface area contributed by atoms with E-state index in [2.05, 4.69) is 164 Å². The number of benzene rings is 7. The summed E-state index contributed by atoms with van der Waals surface area (Å²) in [4.78, 5) is 16.0. The van der Waals surface area contributed by atoms with Crippen LogP contribution in [-0.2, 0) is 0 Å². The third-order valence-corrected chi connectivity index (χ3v) is 12.7. The van der Waals surface area contributed by atoms with E-state index in [0.29, 0.717) is 5.82 Å². The van der Waals surface area contributed by atoms with Crippen LogP contribution in [0.25, 0.3) is 108 Å². The maximum atomic E-state index is 5.67. The van der Waals surface area contributed by atoms with Crippen molar-refractivity contribution >= 4 is 73.9 Å². The number of rotatable bonds is 5. The average Bonchev–Trinajstić information content (AvgIpc) is 3.83. The van der Waals surface area contributed by atoms with Crippen LogP contribution in [0.15, 0.2) is 176 Å². The lowest BCUT2D eigenvalue weighted by Crippen LogP contribution is -1.96. The number of hydrogen-bond donors (Lipinski definition) is 0. The van der Waals surface area contributed by atoms with Gasteiger partial charge in [0.25, 0.3) is 0 Å². The summed E-state index contributed by atoms with van der Waals surface area (Å²) in [5.74, 6) is 0.682. The van der Waals surface area contributed by atoms with E-state index in [0.717, 1.165) is 50.4 Å². The SMILES string of the molecule is c1ccc(-c2cc(-c3ccccc3)nc(-c3cccc(-c4nc5c(-c6cccc7c6sc6ccccc67)cccc5c5sc6ccccc6c45)c3)n2)cc1. The highest BCUT2D eigenvalue weighted by molar-refractivity contribution is 7.27. The molecule has 252 valence electrons. The number of nitrogens with zero attached hydrogens (tertiary/aromatic N) is 3. The summed E-state index contributed by atoms with van der Waals surface area (Å²) in [7, 11) is 0. The summed E-state index contributed by atoms with van der Waals surface area (Å²) < 4.78 is 5.09. The number of aromatic nitrogens is 3. The zero-order chi connectivity index (χ0) is 35.6. The van der Waals surface area contributed by atoms with Crippen molar-refractivity contribution in [2.45, 2.75) is 0 Å². The topological polar surface area (TPSA) is 38.7 Å². The molecule has 0 bridgehead atoms. The van der Waals surface area contributed by atoms with Crippen molar-refractivity contribution in [1.29, 1.82) is 0 Å². The molecule has 0 radical (unpaired) electrons. The fraction of sp³-hybridized carbons (Fsp3) is 0. The minimum Gasteiger partial charge on any atom is -0.246 e. The smallest absolute Gasteiger partial charge is 0.160 e. The van der Waals surface area contributed by atoms with E-state index >= 15 is 0 Å². The summed E-state index contributed by atoms with van der Waals surface area (Å²) in [5, 5.41) is 6.16. The Kier molecular flexibility index (Phi) is 7.22. The second-order valence-corrected chi connectivity index (χ2v) is 15.6. The lowest BCUT2D eigenvalue weighted by atomic mass is 9.96. The Hall–Kier alpha value is -6.53. The van der Waals surface area contributed by atoms with Crippen LogP contribution in [0.2, 0.25) is 0 Å². The molecular weight excluding hydrogens is 695 g/mol. The first-order chi connectivity index (χ1) is 26.8. The molecule has 0 atom stereocenters. The quantitative estimate of drug-likeness (QED) is 0.177. The van der Waals surface area contributed by atoms with Gasteiger partial charge in [-0.25, -0.2) is 15.0 Å². The van der Waals surface area contributed by atoms with Crippen molar-refractivity contribution in [1.82, 2.24) is 15.0 Å². The van der Waals surface area contributed by atoms with Crippen molar-refractivity contribution < 1.29 is 0 Å². The number of para-hydroxylation sites is 1. The van der Waals surface area contributed by atoms with Crippen molar-refractivity contribution in [2.75, 3.05) is 0 Å². The molecule has 0 spiro atoms. The van der Waals surface area contributed by atoms with Crippen LogP contribution in [0, 0.1) is 0 Å². The number of hydrogen-bond acceptors (Lipinski definition) is 5. The maximum Gasteiger partial charge on any atom is 0.160 e. The third kappa shape index (κ3) is 5.05. The molecule has 54 heavy (non-hydrogen) atoms. The molecule has 5 heteroatoms. The van der Waals surface area contributed by atoms with E-state index < -0.39 is 0 Å². The molecule has 0 aliphatic rings. The zero-order valence-electron chi connectivity index (χ0n) is 28.9. The van der Waals surface area contributed by atoms with Gasteiger partial charge in [-0.05, 0) is 24.3 Å². The van der Waals surface area contributed by atoms with Crippen LogP contribution < -0.4 is 0 Å². The molecule has 0 saturated heterocycles. The Bertz CT molecular complexity index is 3160. The van der Waals surface area contributed by atoms with E-state index in [1.54, 1.807) is 0 Å². The molecule has 11 rings (SSSR count). The predicted molar refractivity (Wildman–Crippen MR) is 230 cm³/mol. The predicted octanol–water partition coefficient (Wildman–Crippen LogP) is 14.1. The van der Waals surface area contributed by atoms with E-state index in [1.807, 2.05) is 34.8 Å². The van der Waals surface area contributed by atoms with Crippen LogP contribution in [0.1, 0.15) is 0 Å². The fourth-order valence-electron chi connectivity index (χ4n) is 7.77. The minimum absolute atomic E-state index is 0.682. The van der Waals surface area contributed by atoms with Gasteiger partial charge in [0.05, 0.1) is 22.6 Å². The Morgan fingerprint density at radius 2 is 0.889 bits per heavy atom. The molecule has 4 aromatic heterocycles. The van der Waals surface area contributed by atoms with E-state index in [-0.39, 0.29) is 0 Å². The molecule has 4 heterocycles. The van der Waals surface area contributed by atoms with Gasteiger partial charge in [-0.1, -0.05) is 152 Å². The van der Waals surface area contributed by atoms with Gasteiger partial charge < -0.3 is 0 Å². The Morgan fingerprint density at radius 1 is 0.352 bits per heavy atom. The third-order valence-electron chi connectivity index (χ3n) is 10.3. The van der Waals surface area contributed by atoms with Gasteiger partial charge in [-0.15, -0.1) is 22.7 Å².